The van der Waals surface area contributed by atoms with E-state index < -0.39 is 0 Å². The van der Waals surface area contributed by atoms with Crippen molar-refractivity contribution in [1.29, 1.82) is 0 Å². The lowest BCUT2D eigenvalue weighted by atomic mass is 10.0. The Morgan fingerprint density at radius 3 is 2.83 bits per heavy atom. The SMILES string of the molecule is CCNC(=NCc1cccc(OCCN(C)C)c1)NCCCN1CCCCC1C.I. The summed E-state index contributed by atoms with van der Waals surface area (Å²) in [5.41, 5.74) is 1.16. The maximum Gasteiger partial charge on any atom is 0.191 e. The van der Waals surface area contributed by atoms with Crippen LogP contribution in [0.25, 0.3) is 0 Å². The van der Waals surface area contributed by atoms with Gasteiger partial charge in [0.1, 0.15) is 12.4 Å². The molecule has 0 saturated carbocycles. The standard InChI is InChI=1S/C23H41N5O.HI/c1-5-24-23(25-13-9-15-28-14-7-6-10-20(28)2)26-19-21-11-8-12-22(18-21)29-17-16-27(3)4;/h8,11-12,18,20H,5-7,9-10,13-17,19H2,1-4H3,(H2,24,25,26);1H. The van der Waals surface area contributed by atoms with Crippen molar-refractivity contribution in [1.82, 2.24) is 20.4 Å². The van der Waals surface area contributed by atoms with E-state index in [1.807, 2.05) is 12.1 Å². The van der Waals surface area contributed by atoms with Crippen LogP contribution in [-0.4, -0.2) is 75.2 Å². The van der Waals surface area contributed by atoms with Gasteiger partial charge in [0.2, 0.25) is 0 Å². The molecule has 1 aliphatic heterocycles. The summed E-state index contributed by atoms with van der Waals surface area (Å²) in [6.45, 7) is 10.9. The Hall–Kier alpha value is -1.06. The van der Waals surface area contributed by atoms with E-state index in [1.54, 1.807) is 0 Å². The molecule has 1 saturated heterocycles. The second-order valence-electron chi connectivity index (χ2n) is 8.16. The topological polar surface area (TPSA) is 52.1 Å². The lowest BCUT2D eigenvalue weighted by molar-refractivity contribution is 0.159. The van der Waals surface area contributed by atoms with E-state index in [2.05, 4.69) is 60.5 Å². The van der Waals surface area contributed by atoms with Crippen molar-refractivity contribution in [2.24, 2.45) is 4.99 Å². The fourth-order valence-electron chi connectivity index (χ4n) is 3.57. The summed E-state index contributed by atoms with van der Waals surface area (Å²) in [7, 11) is 4.10. The first-order valence-electron chi connectivity index (χ1n) is 11.2. The van der Waals surface area contributed by atoms with Crippen molar-refractivity contribution in [2.75, 3.05) is 53.4 Å². The third-order valence-electron chi connectivity index (χ3n) is 5.32. The summed E-state index contributed by atoms with van der Waals surface area (Å²) in [5, 5.41) is 6.83. The maximum atomic E-state index is 5.83. The van der Waals surface area contributed by atoms with Crippen LogP contribution < -0.4 is 15.4 Å². The van der Waals surface area contributed by atoms with E-state index in [-0.39, 0.29) is 24.0 Å². The van der Waals surface area contributed by atoms with Gasteiger partial charge in [-0.2, -0.15) is 0 Å². The Morgan fingerprint density at radius 1 is 1.27 bits per heavy atom. The Kier molecular flexibility index (Phi) is 14.1. The van der Waals surface area contributed by atoms with E-state index >= 15 is 0 Å². The summed E-state index contributed by atoms with van der Waals surface area (Å²) in [5.74, 6) is 1.80. The first-order chi connectivity index (χ1) is 14.1. The number of benzene rings is 1. The number of halogens is 1. The smallest absolute Gasteiger partial charge is 0.191 e. The minimum atomic E-state index is 0. The van der Waals surface area contributed by atoms with Gasteiger partial charge in [0, 0.05) is 32.2 Å². The van der Waals surface area contributed by atoms with Gasteiger partial charge < -0.3 is 25.2 Å². The minimum Gasteiger partial charge on any atom is -0.492 e. The van der Waals surface area contributed by atoms with Crippen LogP contribution >= 0.6 is 24.0 Å². The fourth-order valence-corrected chi connectivity index (χ4v) is 3.57. The van der Waals surface area contributed by atoms with Gasteiger partial charge in [-0.05, 0) is 71.4 Å². The molecule has 1 heterocycles. The van der Waals surface area contributed by atoms with Crippen LogP contribution in [0.15, 0.2) is 29.3 Å². The number of likely N-dealkylation sites (tertiary alicyclic amines) is 1. The van der Waals surface area contributed by atoms with Crippen molar-refractivity contribution < 1.29 is 4.74 Å². The van der Waals surface area contributed by atoms with Crippen LogP contribution in [0, 0.1) is 0 Å². The van der Waals surface area contributed by atoms with Gasteiger partial charge in [0.05, 0.1) is 6.54 Å². The normalized spacial score (nSPS) is 17.5. The van der Waals surface area contributed by atoms with E-state index in [0.717, 1.165) is 49.4 Å². The number of piperidine rings is 1. The Morgan fingerprint density at radius 2 is 2.10 bits per heavy atom. The van der Waals surface area contributed by atoms with Crippen LogP contribution in [0.5, 0.6) is 5.75 Å². The lowest BCUT2D eigenvalue weighted by Crippen LogP contribution is -2.41. The van der Waals surface area contributed by atoms with Gasteiger partial charge >= 0.3 is 0 Å². The zero-order chi connectivity index (χ0) is 20.9. The number of nitrogens with one attached hydrogen (secondary N) is 2. The third-order valence-corrected chi connectivity index (χ3v) is 5.32. The van der Waals surface area contributed by atoms with Crippen LogP contribution in [0.2, 0.25) is 0 Å². The highest BCUT2D eigenvalue weighted by Gasteiger charge is 2.17. The summed E-state index contributed by atoms with van der Waals surface area (Å²) >= 11 is 0. The molecule has 6 nitrogen and oxygen atoms in total. The molecule has 1 unspecified atom stereocenters. The van der Waals surface area contributed by atoms with Gasteiger partial charge in [-0.15, -0.1) is 24.0 Å². The Balaban J connectivity index is 0.00000450. The summed E-state index contributed by atoms with van der Waals surface area (Å²) in [4.78, 5) is 9.49. The molecule has 1 aliphatic rings. The molecule has 0 radical (unpaired) electrons. The highest BCUT2D eigenvalue weighted by Crippen LogP contribution is 2.16. The Bertz CT molecular complexity index is 611. The average Bonchev–Trinajstić information content (AvgIpc) is 2.70. The van der Waals surface area contributed by atoms with Gasteiger partial charge in [-0.3, -0.25) is 0 Å². The van der Waals surface area contributed by atoms with Gasteiger partial charge in [0.15, 0.2) is 5.96 Å². The monoisotopic (exact) mass is 531 g/mol. The van der Waals surface area contributed by atoms with Gasteiger partial charge in [-0.25, -0.2) is 4.99 Å². The van der Waals surface area contributed by atoms with Crippen LogP contribution in [0.4, 0.5) is 0 Å². The quantitative estimate of drug-likeness (QED) is 0.198. The number of hydrogen-bond donors (Lipinski definition) is 2. The molecule has 30 heavy (non-hydrogen) atoms. The molecule has 1 aromatic carbocycles. The molecule has 1 fully saturated rings. The van der Waals surface area contributed by atoms with Crippen molar-refractivity contribution in [3.05, 3.63) is 29.8 Å². The van der Waals surface area contributed by atoms with Crippen molar-refractivity contribution in [3.8, 4) is 5.75 Å². The van der Waals surface area contributed by atoms with Crippen molar-refractivity contribution in [2.45, 2.75) is 52.1 Å². The second kappa shape index (κ2) is 15.7. The molecule has 0 spiro atoms. The molecule has 0 bridgehead atoms. The fraction of sp³-hybridized carbons (Fsp3) is 0.696. The maximum absolute atomic E-state index is 5.83. The molecular formula is C23H42IN5O. The zero-order valence-electron chi connectivity index (χ0n) is 19.3. The molecule has 0 aromatic heterocycles. The van der Waals surface area contributed by atoms with E-state index in [1.165, 1.54) is 32.4 Å². The molecule has 172 valence electrons. The lowest BCUT2D eigenvalue weighted by Gasteiger charge is -2.33. The largest absolute Gasteiger partial charge is 0.492 e. The number of nitrogens with zero attached hydrogens (tertiary/aromatic N) is 3. The summed E-state index contributed by atoms with van der Waals surface area (Å²) < 4.78 is 5.83. The molecule has 2 rings (SSSR count). The molecule has 1 atom stereocenters. The predicted molar refractivity (Wildman–Crippen MR) is 138 cm³/mol. The number of hydrogen-bond acceptors (Lipinski definition) is 4. The summed E-state index contributed by atoms with van der Waals surface area (Å²) in [6, 6.07) is 8.96. The zero-order valence-corrected chi connectivity index (χ0v) is 21.7. The first-order valence-corrected chi connectivity index (χ1v) is 11.2. The van der Waals surface area contributed by atoms with Crippen LogP contribution in [0.1, 0.15) is 45.1 Å². The highest BCUT2D eigenvalue weighted by molar-refractivity contribution is 14.0. The van der Waals surface area contributed by atoms with Gasteiger partial charge in [-0.1, -0.05) is 18.6 Å². The van der Waals surface area contributed by atoms with E-state index in [0.29, 0.717) is 13.2 Å². The van der Waals surface area contributed by atoms with Crippen LogP contribution in [-0.2, 0) is 6.54 Å². The van der Waals surface area contributed by atoms with Crippen molar-refractivity contribution in [3.63, 3.8) is 0 Å². The van der Waals surface area contributed by atoms with E-state index in [9.17, 15) is 0 Å². The minimum absolute atomic E-state index is 0. The molecular weight excluding hydrogens is 489 g/mol. The average molecular weight is 532 g/mol. The molecule has 7 heteroatoms. The van der Waals surface area contributed by atoms with Gasteiger partial charge in [0.25, 0.3) is 0 Å². The molecule has 1 aromatic rings. The number of aliphatic imine (C=N–C) groups is 1. The number of guanidine groups is 1. The van der Waals surface area contributed by atoms with E-state index in [4.69, 9.17) is 9.73 Å². The molecule has 2 N–H and O–H groups in total. The molecule has 0 aliphatic carbocycles. The third kappa shape index (κ3) is 10.8. The van der Waals surface area contributed by atoms with Crippen LogP contribution in [0.3, 0.4) is 0 Å². The first kappa shape index (κ1) is 27.0. The molecule has 0 amide bonds. The van der Waals surface area contributed by atoms with Crippen molar-refractivity contribution >= 4 is 29.9 Å². The summed E-state index contributed by atoms with van der Waals surface area (Å²) in [6.07, 6.45) is 5.22. The Labute approximate surface area is 200 Å². The number of likely N-dealkylation sites (N-methyl/N-ethyl adjacent to an activating group) is 1. The predicted octanol–water partition coefficient (Wildman–Crippen LogP) is 3.56. The second-order valence-corrected chi connectivity index (χ2v) is 8.16. The highest BCUT2D eigenvalue weighted by atomic mass is 127. The number of rotatable bonds is 11. The number of ether oxygens (including phenoxy) is 1.